The van der Waals surface area contributed by atoms with E-state index < -0.39 is 47.1 Å². The Bertz CT molecular complexity index is 2410. The first-order valence-electron chi connectivity index (χ1n) is 25.1. The van der Waals surface area contributed by atoms with Gasteiger partial charge in [-0.1, -0.05) is 108 Å². The summed E-state index contributed by atoms with van der Waals surface area (Å²) in [6.07, 6.45) is 5.95. The average molecular weight is 945 g/mol. The molecule has 1 saturated heterocycles. The molecule has 2 heterocycles. The fourth-order valence-electron chi connectivity index (χ4n) is 10.7. The van der Waals surface area contributed by atoms with Crippen LogP contribution in [0.2, 0.25) is 0 Å². The van der Waals surface area contributed by atoms with Crippen LogP contribution < -0.4 is 31.9 Å². The smallest absolute Gasteiger partial charge is 0.246 e. The van der Waals surface area contributed by atoms with Gasteiger partial charge >= 0.3 is 0 Å². The van der Waals surface area contributed by atoms with E-state index in [2.05, 4.69) is 62.2 Å². The number of hydrogen-bond donors (Lipinski definition) is 6. The molecule has 3 aromatic carbocycles. The molecule has 14 heteroatoms. The van der Waals surface area contributed by atoms with Gasteiger partial charge in [0.1, 0.15) is 24.2 Å². The van der Waals surface area contributed by atoms with Crippen LogP contribution in [0.3, 0.4) is 0 Å². The Labute approximate surface area is 409 Å². The van der Waals surface area contributed by atoms with E-state index in [9.17, 15) is 24.0 Å². The van der Waals surface area contributed by atoms with Crippen molar-refractivity contribution >= 4 is 35.4 Å². The number of hydrogen-bond acceptors (Lipinski definition) is 8. The summed E-state index contributed by atoms with van der Waals surface area (Å²) in [5.41, 5.74) is 5.94. The van der Waals surface area contributed by atoms with Gasteiger partial charge in [0.2, 0.25) is 35.4 Å². The SMILES string of the molecule is CN[C@@H](C)C(=O)NC(C(=O)N1Cc2cc(C3C[C@@H](C(=O)N[C@@H]4CCCc5ccccc54)N(C(=O)[C@@H](NC(=O)[C@H](C)NC)C(C)(C)C)C3)ccc2CC1C(=O)NC1CCCc2ccccc21)C(C)(C)C. The van der Waals surface area contributed by atoms with Gasteiger partial charge in [-0.15, -0.1) is 0 Å². The van der Waals surface area contributed by atoms with Crippen molar-refractivity contribution in [1.29, 1.82) is 0 Å². The summed E-state index contributed by atoms with van der Waals surface area (Å²) in [6, 6.07) is 17.5. The van der Waals surface area contributed by atoms with Gasteiger partial charge in [-0.25, -0.2) is 0 Å². The minimum absolute atomic E-state index is 0.119. The molecule has 0 saturated carbocycles. The van der Waals surface area contributed by atoms with Crippen molar-refractivity contribution in [2.45, 2.75) is 168 Å². The van der Waals surface area contributed by atoms with Crippen molar-refractivity contribution in [3.8, 4) is 0 Å². The van der Waals surface area contributed by atoms with Crippen LogP contribution in [0.25, 0.3) is 0 Å². The number of rotatable bonds is 13. The van der Waals surface area contributed by atoms with Crippen molar-refractivity contribution < 1.29 is 28.8 Å². The lowest BCUT2D eigenvalue weighted by molar-refractivity contribution is -0.147. The van der Waals surface area contributed by atoms with E-state index in [1.54, 1.807) is 37.7 Å². The van der Waals surface area contributed by atoms with Gasteiger partial charge in [-0.3, -0.25) is 28.8 Å². The lowest BCUT2D eigenvalue weighted by Crippen LogP contribution is -2.62. The average Bonchev–Trinajstić information content (AvgIpc) is 3.79. The first-order valence-corrected chi connectivity index (χ1v) is 25.1. The molecule has 0 radical (unpaired) electrons. The summed E-state index contributed by atoms with van der Waals surface area (Å²) in [6.45, 7) is 15.3. The van der Waals surface area contributed by atoms with Crippen LogP contribution in [0.15, 0.2) is 66.7 Å². The summed E-state index contributed by atoms with van der Waals surface area (Å²) < 4.78 is 0. The molecule has 372 valence electrons. The fraction of sp³-hybridized carbons (Fsp3) is 0.564. The van der Waals surface area contributed by atoms with Crippen LogP contribution >= 0.6 is 0 Å². The van der Waals surface area contributed by atoms with E-state index in [0.29, 0.717) is 6.42 Å². The number of benzene rings is 3. The van der Waals surface area contributed by atoms with E-state index in [4.69, 9.17) is 0 Å². The van der Waals surface area contributed by atoms with Crippen molar-refractivity contribution in [2.24, 2.45) is 10.8 Å². The zero-order chi connectivity index (χ0) is 49.9. The van der Waals surface area contributed by atoms with E-state index in [1.165, 1.54) is 11.1 Å². The Morgan fingerprint density at radius 2 is 1.07 bits per heavy atom. The van der Waals surface area contributed by atoms with E-state index in [1.807, 2.05) is 77.9 Å². The monoisotopic (exact) mass is 945 g/mol. The molecule has 0 spiro atoms. The molecule has 2 aliphatic heterocycles. The Hall–Kier alpha value is -5.60. The number of fused-ring (bicyclic) bond motifs is 3. The standard InChI is InChI=1S/C55H76N8O6/c1-32(56-9)48(64)60-46(54(3,4)5)52(68)62-30-38-27-36(25-26-37(38)28-44(62)50(66)58-42-23-15-19-34-17-11-13-21-40(34)42)39-29-45(51(67)59-43-24-16-20-35-18-12-14-22-41(35)43)63(31-39)53(69)47(55(6,7)8)61-49(65)33(2)57-10/h11-14,17-18,21-22,25-27,32-33,39,42-47,56-57H,15-16,19-20,23-24,28-31H2,1-10H3,(H,58,66)(H,59,67)(H,60,64)(H,61,65)/t32-,33-,39?,42?,43+,44?,45-,46?,47+/m0/s1. The maximum Gasteiger partial charge on any atom is 0.246 e. The highest BCUT2D eigenvalue weighted by Gasteiger charge is 2.47. The van der Waals surface area contributed by atoms with Gasteiger partial charge in [0, 0.05) is 25.4 Å². The molecule has 7 rings (SSSR count). The van der Waals surface area contributed by atoms with E-state index in [-0.39, 0.29) is 73.0 Å². The van der Waals surface area contributed by atoms with Gasteiger partial charge in [-0.2, -0.15) is 0 Å². The minimum Gasteiger partial charge on any atom is -0.347 e. The summed E-state index contributed by atoms with van der Waals surface area (Å²) in [5, 5.41) is 18.6. The summed E-state index contributed by atoms with van der Waals surface area (Å²) in [7, 11) is 3.39. The van der Waals surface area contributed by atoms with Crippen LogP contribution in [-0.2, 0) is 54.6 Å². The zero-order valence-corrected chi connectivity index (χ0v) is 42.5. The molecular formula is C55H76N8O6. The quantitative estimate of drug-likeness (QED) is 0.134. The van der Waals surface area contributed by atoms with Crippen LogP contribution in [0, 0.1) is 10.8 Å². The second-order valence-corrected chi connectivity index (χ2v) is 22.1. The molecule has 4 aliphatic rings. The number of likely N-dealkylation sites (tertiary alicyclic amines) is 1. The number of amides is 6. The lowest BCUT2D eigenvalue weighted by atomic mass is 9.83. The molecule has 1 fully saturated rings. The van der Waals surface area contributed by atoms with E-state index >= 15 is 4.79 Å². The van der Waals surface area contributed by atoms with Crippen LogP contribution in [0.4, 0.5) is 0 Å². The highest BCUT2D eigenvalue weighted by molar-refractivity contribution is 5.95. The van der Waals surface area contributed by atoms with Crippen molar-refractivity contribution in [1.82, 2.24) is 41.7 Å². The van der Waals surface area contributed by atoms with Gasteiger partial charge in [-0.05, 0) is 123 Å². The highest BCUT2D eigenvalue weighted by Crippen LogP contribution is 2.39. The van der Waals surface area contributed by atoms with Crippen LogP contribution in [0.5, 0.6) is 0 Å². The Kier molecular flexibility index (Phi) is 15.7. The first kappa shape index (κ1) is 51.3. The maximum absolute atomic E-state index is 15.1. The Balaban J connectivity index is 1.22. The molecule has 3 aromatic rings. The summed E-state index contributed by atoms with van der Waals surface area (Å²) >= 11 is 0. The predicted octanol–water partition coefficient (Wildman–Crippen LogP) is 5.29. The molecule has 6 N–H and O–H groups in total. The Morgan fingerprint density at radius 1 is 0.594 bits per heavy atom. The number of carbonyl (C=O) groups excluding carboxylic acids is 6. The summed E-state index contributed by atoms with van der Waals surface area (Å²) in [5.74, 6) is -2.04. The van der Waals surface area contributed by atoms with Crippen molar-refractivity contribution in [3.63, 3.8) is 0 Å². The van der Waals surface area contributed by atoms with Crippen LogP contribution in [-0.4, -0.2) is 102 Å². The van der Waals surface area contributed by atoms with Gasteiger partial charge in [0.25, 0.3) is 0 Å². The maximum atomic E-state index is 15.1. The van der Waals surface area contributed by atoms with Gasteiger partial charge < -0.3 is 41.7 Å². The topological polar surface area (TPSA) is 181 Å². The third-order valence-corrected chi connectivity index (χ3v) is 15.1. The number of aryl methyl sites for hydroxylation is 2. The zero-order valence-electron chi connectivity index (χ0n) is 42.5. The minimum atomic E-state index is -0.937. The Morgan fingerprint density at radius 3 is 1.57 bits per heavy atom. The third-order valence-electron chi connectivity index (χ3n) is 15.1. The normalized spacial score (nSPS) is 23.0. The number of nitrogens with zero attached hydrogens (tertiary/aromatic N) is 2. The summed E-state index contributed by atoms with van der Waals surface area (Å²) in [4.78, 5) is 89.5. The fourth-order valence-corrected chi connectivity index (χ4v) is 10.7. The molecule has 9 atom stereocenters. The highest BCUT2D eigenvalue weighted by atomic mass is 16.2. The molecular weight excluding hydrogens is 869 g/mol. The molecule has 14 nitrogen and oxygen atoms in total. The molecule has 2 aliphatic carbocycles. The molecule has 4 unspecified atom stereocenters. The third kappa shape index (κ3) is 11.4. The number of nitrogens with one attached hydrogen (secondary N) is 6. The second-order valence-electron chi connectivity index (χ2n) is 22.1. The first-order chi connectivity index (χ1) is 32.7. The predicted molar refractivity (Wildman–Crippen MR) is 268 cm³/mol. The number of carbonyl (C=O) groups is 6. The van der Waals surface area contributed by atoms with Gasteiger partial charge in [0.05, 0.1) is 24.2 Å². The molecule has 69 heavy (non-hydrogen) atoms. The molecule has 0 bridgehead atoms. The van der Waals surface area contributed by atoms with Crippen LogP contribution in [0.1, 0.15) is 144 Å². The van der Waals surface area contributed by atoms with Crippen molar-refractivity contribution in [2.75, 3.05) is 20.6 Å². The molecule has 6 amide bonds. The second kappa shape index (κ2) is 21.2. The van der Waals surface area contributed by atoms with Crippen molar-refractivity contribution in [3.05, 3.63) is 106 Å². The van der Waals surface area contributed by atoms with E-state index in [0.717, 1.165) is 66.3 Å². The lowest BCUT2D eigenvalue weighted by Gasteiger charge is -2.42. The number of likely N-dealkylation sites (N-methyl/N-ethyl adjacent to an activating group) is 2. The molecule has 0 aromatic heterocycles. The largest absolute Gasteiger partial charge is 0.347 e. The van der Waals surface area contributed by atoms with Gasteiger partial charge in [0.15, 0.2) is 0 Å².